The van der Waals surface area contributed by atoms with Crippen molar-refractivity contribution in [2.24, 2.45) is 0 Å². The van der Waals surface area contributed by atoms with Gasteiger partial charge in [0.15, 0.2) is 0 Å². The molecule has 0 saturated carbocycles. The van der Waals surface area contributed by atoms with Gasteiger partial charge in [0.2, 0.25) is 17.7 Å². The largest absolute Gasteiger partial charge is 0.481 e. The molecule has 0 unspecified atom stereocenters. The molecule has 1 saturated heterocycles. The first-order valence-corrected chi connectivity index (χ1v) is 5.46. The van der Waals surface area contributed by atoms with Gasteiger partial charge in [-0.3, -0.25) is 4.79 Å². The zero-order chi connectivity index (χ0) is 12.3. The molecule has 0 amide bonds. The Morgan fingerprint density at radius 2 is 1.65 bits per heavy atom. The fourth-order valence-corrected chi connectivity index (χ4v) is 1.70. The average molecular weight is 237 g/mol. The third kappa shape index (κ3) is 2.64. The summed E-state index contributed by atoms with van der Waals surface area (Å²) < 4.78 is 10.2. The Morgan fingerprint density at radius 3 is 2.12 bits per heavy atom. The van der Waals surface area contributed by atoms with E-state index in [2.05, 4.69) is 9.97 Å². The van der Waals surface area contributed by atoms with E-state index in [1.54, 1.807) is 20.3 Å². The van der Waals surface area contributed by atoms with Crippen LogP contribution in [0.2, 0.25) is 0 Å². The summed E-state index contributed by atoms with van der Waals surface area (Å²) in [5, 5.41) is 0. The van der Waals surface area contributed by atoms with E-state index >= 15 is 0 Å². The van der Waals surface area contributed by atoms with Gasteiger partial charge in [-0.1, -0.05) is 0 Å². The zero-order valence-corrected chi connectivity index (χ0v) is 9.97. The van der Waals surface area contributed by atoms with Crippen LogP contribution in [-0.2, 0) is 4.79 Å². The summed E-state index contributed by atoms with van der Waals surface area (Å²) in [6.07, 6.45) is 1.09. The van der Waals surface area contributed by atoms with E-state index in [0.717, 1.165) is 0 Å². The van der Waals surface area contributed by atoms with Crippen LogP contribution in [0.4, 0.5) is 5.95 Å². The third-order valence-electron chi connectivity index (χ3n) is 2.69. The second kappa shape index (κ2) is 4.99. The number of Topliss-reactive ketones (excluding diaryl/α,β-unsaturated/α-hetero) is 1. The van der Waals surface area contributed by atoms with Crippen LogP contribution in [0.15, 0.2) is 6.07 Å². The minimum Gasteiger partial charge on any atom is -0.481 e. The van der Waals surface area contributed by atoms with Gasteiger partial charge in [0.1, 0.15) is 5.78 Å². The Kier molecular flexibility index (Phi) is 3.41. The number of nitrogens with zero attached hydrogens (tertiary/aromatic N) is 3. The van der Waals surface area contributed by atoms with Crippen LogP contribution in [-0.4, -0.2) is 43.1 Å². The average Bonchev–Trinajstić information content (AvgIpc) is 2.39. The number of methoxy groups -OCH3 is 2. The molecule has 0 spiro atoms. The number of hydrogen-bond acceptors (Lipinski definition) is 6. The maximum atomic E-state index is 11.2. The molecule has 0 radical (unpaired) electrons. The summed E-state index contributed by atoms with van der Waals surface area (Å²) >= 11 is 0. The highest BCUT2D eigenvalue weighted by molar-refractivity contribution is 5.80. The van der Waals surface area contributed by atoms with E-state index in [-0.39, 0.29) is 5.78 Å². The van der Waals surface area contributed by atoms with E-state index in [9.17, 15) is 4.79 Å². The summed E-state index contributed by atoms with van der Waals surface area (Å²) in [7, 11) is 3.09. The van der Waals surface area contributed by atoms with Crippen LogP contribution in [0.25, 0.3) is 0 Å². The topological polar surface area (TPSA) is 64.6 Å². The molecular weight excluding hydrogens is 222 g/mol. The number of aromatic nitrogens is 2. The molecule has 1 aliphatic rings. The number of ketones is 1. The van der Waals surface area contributed by atoms with Gasteiger partial charge in [-0.15, -0.1) is 0 Å². The van der Waals surface area contributed by atoms with Gasteiger partial charge >= 0.3 is 0 Å². The fraction of sp³-hybridized carbons (Fsp3) is 0.545. The first-order valence-electron chi connectivity index (χ1n) is 5.46. The van der Waals surface area contributed by atoms with Crippen LogP contribution in [0.5, 0.6) is 11.8 Å². The molecule has 0 bridgehead atoms. The molecule has 0 aromatic carbocycles. The Balaban J connectivity index is 2.22. The lowest BCUT2D eigenvalue weighted by Crippen LogP contribution is -2.35. The van der Waals surface area contributed by atoms with Crippen molar-refractivity contribution < 1.29 is 14.3 Å². The van der Waals surface area contributed by atoms with Gasteiger partial charge in [-0.2, -0.15) is 9.97 Å². The second-order valence-electron chi connectivity index (χ2n) is 3.78. The quantitative estimate of drug-likeness (QED) is 0.769. The lowest BCUT2D eigenvalue weighted by molar-refractivity contribution is -0.119. The maximum Gasteiger partial charge on any atom is 0.231 e. The monoisotopic (exact) mass is 237 g/mol. The van der Waals surface area contributed by atoms with Gasteiger partial charge in [0.25, 0.3) is 0 Å². The molecule has 1 aliphatic heterocycles. The summed E-state index contributed by atoms with van der Waals surface area (Å²) in [5.74, 6) is 1.76. The fourth-order valence-electron chi connectivity index (χ4n) is 1.70. The summed E-state index contributed by atoms with van der Waals surface area (Å²) in [6.45, 7) is 1.30. The molecule has 1 aromatic rings. The van der Waals surface area contributed by atoms with Gasteiger partial charge in [0, 0.05) is 25.9 Å². The normalized spacial score (nSPS) is 15.9. The van der Waals surface area contributed by atoms with Gasteiger partial charge in [-0.25, -0.2) is 0 Å². The summed E-state index contributed by atoms with van der Waals surface area (Å²) in [5.41, 5.74) is 0. The van der Waals surface area contributed by atoms with E-state index < -0.39 is 0 Å². The highest BCUT2D eigenvalue weighted by atomic mass is 16.5. The molecule has 0 N–H and O–H groups in total. The first-order chi connectivity index (χ1) is 8.22. The minimum absolute atomic E-state index is 0.288. The summed E-state index contributed by atoms with van der Waals surface area (Å²) in [4.78, 5) is 21.6. The van der Waals surface area contributed by atoms with Crippen LogP contribution in [0.1, 0.15) is 12.8 Å². The first kappa shape index (κ1) is 11.6. The van der Waals surface area contributed by atoms with Crippen molar-refractivity contribution in [3.8, 4) is 11.8 Å². The lowest BCUT2D eigenvalue weighted by atomic mass is 10.1. The Morgan fingerprint density at radius 1 is 1.12 bits per heavy atom. The van der Waals surface area contributed by atoms with Crippen molar-refractivity contribution in [1.82, 2.24) is 9.97 Å². The van der Waals surface area contributed by atoms with Crippen molar-refractivity contribution in [3.05, 3.63) is 6.07 Å². The van der Waals surface area contributed by atoms with Crippen LogP contribution in [0.3, 0.4) is 0 Å². The highest BCUT2D eigenvalue weighted by Crippen LogP contribution is 2.21. The molecule has 2 rings (SSSR count). The van der Waals surface area contributed by atoms with Gasteiger partial charge < -0.3 is 14.4 Å². The predicted octanol–water partition coefficient (Wildman–Crippen LogP) is 0.663. The minimum atomic E-state index is 0.288. The molecule has 17 heavy (non-hydrogen) atoms. The van der Waals surface area contributed by atoms with Crippen molar-refractivity contribution in [3.63, 3.8) is 0 Å². The standard InChI is InChI=1S/C11H15N3O3/c1-16-9-7-10(17-2)13-11(12-9)14-5-3-8(15)4-6-14/h7H,3-6H2,1-2H3. The molecule has 6 nitrogen and oxygen atoms in total. The predicted molar refractivity (Wildman–Crippen MR) is 61.6 cm³/mol. The van der Waals surface area contributed by atoms with E-state index in [1.807, 2.05) is 4.90 Å². The second-order valence-corrected chi connectivity index (χ2v) is 3.78. The lowest BCUT2D eigenvalue weighted by Gasteiger charge is -2.26. The SMILES string of the molecule is COc1cc(OC)nc(N2CCC(=O)CC2)n1. The zero-order valence-electron chi connectivity index (χ0n) is 9.97. The number of carbonyl (C=O) groups excluding carboxylic acids is 1. The maximum absolute atomic E-state index is 11.2. The molecule has 0 atom stereocenters. The highest BCUT2D eigenvalue weighted by Gasteiger charge is 2.19. The molecule has 92 valence electrons. The number of anilines is 1. The van der Waals surface area contributed by atoms with Crippen molar-refractivity contribution in [2.45, 2.75) is 12.8 Å². The Hall–Kier alpha value is -1.85. The van der Waals surface area contributed by atoms with E-state index in [0.29, 0.717) is 43.6 Å². The van der Waals surface area contributed by atoms with Crippen LogP contribution < -0.4 is 14.4 Å². The number of ether oxygens (including phenoxy) is 2. The third-order valence-corrected chi connectivity index (χ3v) is 2.69. The Labute approximate surface area is 99.6 Å². The van der Waals surface area contributed by atoms with Crippen molar-refractivity contribution in [1.29, 1.82) is 0 Å². The molecule has 6 heteroatoms. The van der Waals surface area contributed by atoms with E-state index in [4.69, 9.17) is 9.47 Å². The number of piperidine rings is 1. The molecule has 1 fully saturated rings. The Bertz CT molecular complexity index is 390. The van der Waals surface area contributed by atoms with Gasteiger partial charge in [0.05, 0.1) is 20.3 Å². The number of hydrogen-bond donors (Lipinski definition) is 0. The molecular formula is C11H15N3O3. The van der Waals surface area contributed by atoms with Crippen molar-refractivity contribution >= 4 is 11.7 Å². The van der Waals surface area contributed by atoms with Crippen molar-refractivity contribution in [2.75, 3.05) is 32.2 Å². The number of rotatable bonds is 3. The molecule has 0 aliphatic carbocycles. The van der Waals surface area contributed by atoms with Crippen LogP contribution in [0, 0.1) is 0 Å². The summed E-state index contributed by atoms with van der Waals surface area (Å²) in [6, 6.07) is 1.62. The number of carbonyl (C=O) groups is 1. The van der Waals surface area contributed by atoms with Crippen LogP contribution >= 0.6 is 0 Å². The van der Waals surface area contributed by atoms with Gasteiger partial charge in [-0.05, 0) is 0 Å². The van der Waals surface area contributed by atoms with E-state index in [1.165, 1.54) is 0 Å². The smallest absolute Gasteiger partial charge is 0.231 e. The molecule has 1 aromatic heterocycles. The molecule has 2 heterocycles.